The van der Waals surface area contributed by atoms with E-state index in [9.17, 15) is 0 Å². The first-order valence-corrected chi connectivity index (χ1v) is 11.9. The van der Waals surface area contributed by atoms with E-state index in [0.29, 0.717) is 0 Å². The number of nitrogens with zero attached hydrogens (tertiary/aromatic N) is 4. The summed E-state index contributed by atoms with van der Waals surface area (Å²) in [6.07, 6.45) is 4.31. The van der Waals surface area contributed by atoms with Crippen molar-refractivity contribution < 1.29 is 0 Å². The Bertz CT molecular complexity index is 1040. The highest BCUT2D eigenvalue weighted by Crippen LogP contribution is 2.31. The van der Waals surface area contributed by atoms with Gasteiger partial charge in [-0.3, -0.25) is 0 Å². The van der Waals surface area contributed by atoms with Crippen molar-refractivity contribution in [3.8, 4) is 0 Å². The molecule has 4 nitrogen and oxygen atoms in total. The van der Waals surface area contributed by atoms with Gasteiger partial charge < -0.3 is 4.57 Å². The number of aromatic nitrogens is 4. The van der Waals surface area contributed by atoms with Gasteiger partial charge in [0.15, 0.2) is 9.50 Å². The topological polar surface area (TPSA) is 43.6 Å². The van der Waals surface area contributed by atoms with Crippen LogP contribution in [-0.2, 0) is 12.3 Å². The zero-order valence-electron chi connectivity index (χ0n) is 15.5. The van der Waals surface area contributed by atoms with Gasteiger partial charge in [0, 0.05) is 12.3 Å². The standard InChI is InChI=1S/C21H20N4S3/c1-2-25-19(15-27-21-22-17-12-6-7-13-18(17)28-21)23-24-20(25)26-14-8-11-16-9-4-3-5-10-16/h3-13H,2,14-15H2,1H3/b11-8+. The van der Waals surface area contributed by atoms with Gasteiger partial charge in [-0.1, -0.05) is 78.1 Å². The lowest BCUT2D eigenvalue weighted by Crippen LogP contribution is -2.02. The molecule has 0 amide bonds. The Kier molecular flexibility index (Phi) is 6.46. The Hall–Kier alpha value is -2.09. The zero-order valence-corrected chi connectivity index (χ0v) is 17.9. The van der Waals surface area contributed by atoms with Gasteiger partial charge in [-0.15, -0.1) is 21.5 Å². The van der Waals surface area contributed by atoms with E-state index in [-0.39, 0.29) is 0 Å². The summed E-state index contributed by atoms with van der Waals surface area (Å²) in [6.45, 7) is 3.01. The minimum absolute atomic E-state index is 0.779. The van der Waals surface area contributed by atoms with Gasteiger partial charge in [-0.2, -0.15) is 0 Å². The second kappa shape index (κ2) is 9.41. The third kappa shape index (κ3) is 4.66. The van der Waals surface area contributed by atoms with E-state index in [2.05, 4.69) is 81.3 Å². The van der Waals surface area contributed by atoms with Crippen molar-refractivity contribution in [3.05, 3.63) is 72.1 Å². The van der Waals surface area contributed by atoms with Crippen molar-refractivity contribution >= 4 is 51.2 Å². The summed E-state index contributed by atoms with van der Waals surface area (Å²) >= 11 is 5.18. The predicted molar refractivity (Wildman–Crippen MR) is 121 cm³/mol. The first-order chi connectivity index (χ1) is 13.8. The molecule has 0 aliphatic carbocycles. The van der Waals surface area contributed by atoms with Gasteiger partial charge in [0.1, 0.15) is 5.82 Å². The number of thiazole rings is 1. The average molecular weight is 425 g/mol. The molecule has 0 bridgehead atoms. The van der Waals surface area contributed by atoms with Crippen LogP contribution in [0.25, 0.3) is 16.3 Å². The Morgan fingerprint density at radius 2 is 1.82 bits per heavy atom. The van der Waals surface area contributed by atoms with Crippen LogP contribution in [-0.4, -0.2) is 25.5 Å². The van der Waals surface area contributed by atoms with Gasteiger partial charge >= 0.3 is 0 Å². The fraction of sp³-hybridized carbons (Fsp3) is 0.190. The van der Waals surface area contributed by atoms with Gasteiger partial charge in [-0.25, -0.2) is 4.98 Å². The molecule has 0 N–H and O–H groups in total. The highest BCUT2D eigenvalue weighted by molar-refractivity contribution is 8.00. The first kappa shape index (κ1) is 19.2. The van der Waals surface area contributed by atoms with Crippen LogP contribution in [0.5, 0.6) is 0 Å². The molecule has 0 saturated heterocycles. The van der Waals surface area contributed by atoms with E-state index in [1.54, 1.807) is 34.9 Å². The number of hydrogen-bond donors (Lipinski definition) is 0. The van der Waals surface area contributed by atoms with Crippen LogP contribution in [0, 0.1) is 0 Å². The normalized spacial score (nSPS) is 11.6. The minimum Gasteiger partial charge on any atom is -0.306 e. The number of benzene rings is 2. The molecule has 0 saturated carbocycles. The van der Waals surface area contributed by atoms with Crippen molar-refractivity contribution in [1.29, 1.82) is 0 Å². The van der Waals surface area contributed by atoms with E-state index >= 15 is 0 Å². The van der Waals surface area contributed by atoms with E-state index < -0.39 is 0 Å². The molecule has 2 heterocycles. The third-order valence-corrected chi connectivity index (χ3v) is 7.22. The SMILES string of the molecule is CCn1c(CSc2nc3ccccc3s2)nnc1SC/C=C/c1ccccc1. The fourth-order valence-electron chi connectivity index (χ4n) is 2.76. The van der Waals surface area contributed by atoms with Crippen LogP contribution in [0.2, 0.25) is 0 Å². The fourth-order valence-corrected chi connectivity index (χ4v) is 5.60. The Morgan fingerprint density at radius 3 is 2.64 bits per heavy atom. The molecule has 142 valence electrons. The van der Waals surface area contributed by atoms with E-state index in [1.165, 1.54) is 10.3 Å². The highest BCUT2D eigenvalue weighted by atomic mass is 32.2. The van der Waals surface area contributed by atoms with Crippen molar-refractivity contribution in [2.75, 3.05) is 5.75 Å². The van der Waals surface area contributed by atoms with Crippen molar-refractivity contribution in [2.24, 2.45) is 0 Å². The second-order valence-electron chi connectivity index (χ2n) is 6.00. The summed E-state index contributed by atoms with van der Waals surface area (Å²) in [6, 6.07) is 18.6. The lowest BCUT2D eigenvalue weighted by molar-refractivity contribution is 0.659. The molecular formula is C21H20N4S3. The largest absolute Gasteiger partial charge is 0.306 e. The van der Waals surface area contributed by atoms with Crippen LogP contribution >= 0.6 is 34.9 Å². The van der Waals surface area contributed by atoms with Crippen LogP contribution in [0.1, 0.15) is 18.3 Å². The van der Waals surface area contributed by atoms with E-state index in [1.807, 2.05) is 12.1 Å². The Balaban J connectivity index is 1.37. The molecular weight excluding hydrogens is 404 g/mol. The van der Waals surface area contributed by atoms with Crippen molar-refractivity contribution in [1.82, 2.24) is 19.7 Å². The number of hydrogen-bond acceptors (Lipinski definition) is 6. The summed E-state index contributed by atoms with van der Waals surface area (Å²) in [5, 5.41) is 9.79. The number of rotatable bonds is 8. The lowest BCUT2D eigenvalue weighted by atomic mass is 10.2. The average Bonchev–Trinajstić information content (AvgIpc) is 3.33. The molecule has 0 aliphatic heterocycles. The molecule has 0 atom stereocenters. The summed E-state index contributed by atoms with van der Waals surface area (Å²) in [4.78, 5) is 4.69. The molecule has 4 aromatic rings. The van der Waals surface area contributed by atoms with Gasteiger partial charge in [-0.05, 0) is 24.6 Å². The maximum absolute atomic E-state index is 4.69. The summed E-state index contributed by atoms with van der Waals surface area (Å²) < 4.78 is 4.50. The monoisotopic (exact) mass is 424 g/mol. The van der Waals surface area contributed by atoms with Crippen LogP contribution < -0.4 is 0 Å². The second-order valence-corrected chi connectivity index (χ2v) is 9.24. The quantitative estimate of drug-likeness (QED) is 0.324. The van der Waals surface area contributed by atoms with Crippen LogP contribution in [0.3, 0.4) is 0 Å². The maximum atomic E-state index is 4.69. The molecule has 0 fully saturated rings. The van der Waals surface area contributed by atoms with Gasteiger partial charge in [0.2, 0.25) is 0 Å². The number of para-hydroxylation sites is 1. The minimum atomic E-state index is 0.779. The molecule has 0 radical (unpaired) electrons. The maximum Gasteiger partial charge on any atom is 0.191 e. The van der Waals surface area contributed by atoms with E-state index in [4.69, 9.17) is 0 Å². The molecule has 2 aromatic heterocycles. The zero-order chi connectivity index (χ0) is 19.2. The molecule has 2 aromatic carbocycles. The van der Waals surface area contributed by atoms with Crippen molar-refractivity contribution in [2.45, 2.75) is 28.7 Å². The number of thioether (sulfide) groups is 2. The van der Waals surface area contributed by atoms with Gasteiger partial charge in [0.05, 0.1) is 16.0 Å². The Labute approximate surface area is 177 Å². The number of fused-ring (bicyclic) bond motifs is 1. The summed E-state index contributed by atoms with van der Waals surface area (Å²) in [7, 11) is 0. The Morgan fingerprint density at radius 1 is 1.00 bits per heavy atom. The van der Waals surface area contributed by atoms with Crippen LogP contribution in [0.4, 0.5) is 0 Å². The molecule has 7 heteroatoms. The lowest BCUT2D eigenvalue weighted by Gasteiger charge is -2.05. The molecule has 0 spiro atoms. The van der Waals surface area contributed by atoms with Crippen LogP contribution in [0.15, 0.2) is 70.2 Å². The van der Waals surface area contributed by atoms with Gasteiger partial charge in [0.25, 0.3) is 0 Å². The summed E-state index contributed by atoms with van der Waals surface area (Å²) in [5.41, 5.74) is 2.28. The van der Waals surface area contributed by atoms with Crippen molar-refractivity contribution in [3.63, 3.8) is 0 Å². The predicted octanol–water partition coefficient (Wildman–Crippen LogP) is 6.01. The smallest absolute Gasteiger partial charge is 0.191 e. The molecule has 0 aliphatic rings. The highest BCUT2D eigenvalue weighted by Gasteiger charge is 2.12. The molecule has 28 heavy (non-hydrogen) atoms. The van der Waals surface area contributed by atoms with E-state index in [0.717, 1.165) is 38.9 Å². The summed E-state index contributed by atoms with van der Waals surface area (Å²) in [5.74, 6) is 2.65. The molecule has 4 rings (SSSR count). The first-order valence-electron chi connectivity index (χ1n) is 9.08. The molecule has 0 unspecified atom stereocenters. The third-order valence-electron chi connectivity index (χ3n) is 4.13.